The molecule has 0 bridgehead atoms. The normalized spacial score (nSPS) is 16.0. The standard InChI is InChI=1S/C16H19FN2O2/c1-18-7-3-8-19(10-9-18)16(21)15-6-5-14(17)12-13(15)4-2-11-20/h5-6,12,20H,3,7-11H2,1H3. The lowest BCUT2D eigenvalue weighted by atomic mass is 10.1. The Morgan fingerprint density at radius 1 is 1.33 bits per heavy atom. The summed E-state index contributed by atoms with van der Waals surface area (Å²) in [4.78, 5) is 16.6. The fourth-order valence-corrected chi connectivity index (χ4v) is 2.36. The monoisotopic (exact) mass is 290 g/mol. The van der Waals surface area contributed by atoms with E-state index in [0.717, 1.165) is 19.5 Å². The molecule has 0 saturated carbocycles. The predicted molar refractivity (Wildman–Crippen MR) is 78.4 cm³/mol. The minimum atomic E-state index is -0.440. The minimum Gasteiger partial charge on any atom is -0.384 e. The topological polar surface area (TPSA) is 43.8 Å². The fourth-order valence-electron chi connectivity index (χ4n) is 2.36. The summed E-state index contributed by atoms with van der Waals surface area (Å²) in [5, 5.41) is 8.77. The number of nitrogens with zero attached hydrogens (tertiary/aromatic N) is 2. The molecule has 2 rings (SSSR count). The summed E-state index contributed by atoms with van der Waals surface area (Å²) < 4.78 is 13.3. The van der Waals surface area contributed by atoms with E-state index in [0.29, 0.717) is 24.2 Å². The van der Waals surface area contributed by atoms with Gasteiger partial charge in [-0.1, -0.05) is 11.8 Å². The SMILES string of the molecule is CN1CCCN(C(=O)c2ccc(F)cc2C#CCO)CC1. The van der Waals surface area contributed by atoms with Crippen molar-refractivity contribution in [1.82, 2.24) is 9.80 Å². The van der Waals surface area contributed by atoms with Gasteiger partial charge in [-0.3, -0.25) is 4.79 Å². The summed E-state index contributed by atoms with van der Waals surface area (Å²) in [6, 6.07) is 3.97. The molecule has 1 aromatic rings. The number of rotatable bonds is 1. The van der Waals surface area contributed by atoms with E-state index in [4.69, 9.17) is 5.11 Å². The lowest BCUT2D eigenvalue weighted by Crippen LogP contribution is -2.34. The van der Waals surface area contributed by atoms with Crippen molar-refractivity contribution in [1.29, 1.82) is 0 Å². The molecule has 112 valence electrons. The molecule has 4 nitrogen and oxygen atoms in total. The predicted octanol–water partition coefficient (Wildman–Crippen LogP) is 0.947. The zero-order chi connectivity index (χ0) is 15.2. The Balaban J connectivity index is 2.25. The van der Waals surface area contributed by atoms with Crippen molar-refractivity contribution in [3.05, 3.63) is 35.1 Å². The van der Waals surface area contributed by atoms with Gasteiger partial charge in [-0.2, -0.15) is 0 Å². The second-order valence-electron chi connectivity index (χ2n) is 5.10. The van der Waals surface area contributed by atoms with E-state index in [-0.39, 0.29) is 12.5 Å². The maximum atomic E-state index is 13.3. The molecule has 21 heavy (non-hydrogen) atoms. The van der Waals surface area contributed by atoms with Crippen LogP contribution in [0.25, 0.3) is 0 Å². The molecule has 0 aromatic heterocycles. The van der Waals surface area contributed by atoms with E-state index < -0.39 is 5.82 Å². The van der Waals surface area contributed by atoms with Crippen LogP contribution in [0.15, 0.2) is 18.2 Å². The van der Waals surface area contributed by atoms with Gasteiger partial charge in [0.15, 0.2) is 0 Å². The molecule has 1 aliphatic rings. The first-order chi connectivity index (χ1) is 10.1. The third kappa shape index (κ3) is 4.03. The molecular formula is C16H19FN2O2. The van der Waals surface area contributed by atoms with E-state index in [9.17, 15) is 9.18 Å². The Labute approximate surface area is 124 Å². The van der Waals surface area contributed by atoms with Crippen molar-refractivity contribution < 1.29 is 14.3 Å². The van der Waals surface area contributed by atoms with Gasteiger partial charge in [0.1, 0.15) is 12.4 Å². The van der Waals surface area contributed by atoms with E-state index >= 15 is 0 Å². The van der Waals surface area contributed by atoms with Crippen LogP contribution in [-0.4, -0.2) is 60.6 Å². The molecule has 0 radical (unpaired) electrons. The average Bonchev–Trinajstić information content (AvgIpc) is 2.69. The number of hydrogen-bond acceptors (Lipinski definition) is 3. The fraction of sp³-hybridized carbons (Fsp3) is 0.438. The number of carbonyl (C=O) groups is 1. The van der Waals surface area contributed by atoms with Gasteiger partial charge in [-0.05, 0) is 38.2 Å². The highest BCUT2D eigenvalue weighted by atomic mass is 19.1. The number of hydrogen-bond donors (Lipinski definition) is 1. The summed E-state index contributed by atoms with van der Waals surface area (Å²) in [7, 11) is 2.03. The lowest BCUT2D eigenvalue weighted by molar-refractivity contribution is 0.0762. The molecule has 1 aromatic carbocycles. The van der Waals surface area contributed by atoms with Crippen LogP contribution in [0.5, 0.6) is 0 Å². The Morgan fingerprint density at radius 3 is 2.90 bits per heavy atom. The Bertz CT molecular complexity index is 577. The third-order valence-electron chi connectivity index (χ3n) is 3.52. The van der Waals surface area contributed by atoms with E-state index in [1.54, 1.807) is 4.90 Å². The Kier molecular flexibility index (Phi) is 5.32. The molecule has 0 aliphatic carbocycles. The summed E-state index contributed by atoms with van der Waals surface area (Å²) >= 11 is 0. The van der Waals surface area contributed by atoms with Crippen molar-refractivity contribution in [2.45, 2.75) is 6.42 Å². The lowest BCUT2D eigenvalue weighted by Gasteiger charge is -2.21. The molecule has 1 saturated heterocycles. The molecule has 0 spiro atoms. The van der Waals surface area contributed by atoms with Crippen molar-refractivity contribution in [2.24, 2.45) is 0 Å². The number of benzene rings is 1. The molecule has 0 unspecified atom stereocenters. The van der Waals surface area contributed by atoms with Gasteiger partial charge in [0.2, 0.25) is 0 Å². The van der Waals surface area contributed by atoms with Crippen LogP contribution in [0, 0.1) is 17.7 Å². The maximum Gasteiger partial charge on any atom is 0.255 e. The van der Waals surface area contributed by atoms with Crippen molar-refractivity contribution in [2.75, 3.05) is 39.8 Å². The highest BCUT2D eigenvalue weighted by molar-refractivity contribution is 5.96. The quantitative estimate of drug-likeness (QED) is 0.783. The first-order valence-corrected chi connectivity index (χ1v) is 6.99. The van der Waals surface area contributed by atoms with Crippen molar-refractivity contribution in [3.63, 3.8) is 0 Å². The maximum absolute atomic E-state index is 13.3. The molecule has 1 fully saturated rings. The zero-order valence-electron chi connectivity index (χ0n) is 12.1. The second-order valence-corrected chi connectivity index (χ2v) is 5.10. The van der Waals surface area contributed by atoms with Crippen LogP contribution >= 0.6 is 0 Å². The third-order valence-corrected chi connectivity index (χ3v) is 3.52. The zero-order valence-corrected chi connectivity index (χ0v) is 12.1. The largest absolute Gasteiger partial charge is 0.384 e. The number of halogens is 1. The molecular weight excluding hydrogens is 271 g/mol. The Morgan fingerprint density at radius 2 is 2.14 bits per heavy atom. The van der Waals surface area contributed by atoms with Gasteiger partial charge in [0.25, 0.3) is 5.91 Å². The molecule has 5 heteroatoms. The van der Waals surface area contributed by atoms with Gasteiger partial charge in [-0.25, -0.2) is 4.39 Å². The van der Waals surface area contributed by atoms with Gasteiger partial charge < -0.3 is 14.9 Å². The molecule has 1 aliphatic heterocycles. The smallest absolute Gasteiger partial charge is 0.255 e. The van der Waals surface area contributed by atoms with Crippen LogP contribution in [-0.2, 0) is 0 Å². The first-order valence-electron chi connectivity index (χ1n) is 6.99. The Hall–Kier alpha value is -1.90. The highest BCUT2D eigenvalue weighted by Gasteiger charge is 2.21. The van der Waals surface area contributed by atoms with Gasteiger partial charge in [-0.15, -0.1) is 0 Å². The number of aliphatic hydroxyl groups is 1. The van der Waals surface area contributed by atoms with Crippen LogP contribution in [0.2, 0.25) is 0 Å². The number of amides is 1. The van der Waals surface area contributed by atoms with Crippen LogP contribution in [0.4, 0.5) is 4.39 Å². The summed E-state index contributed by atoms with van der Waals surface area (Å²) in [6.07, 6.45) is 0.918. The average molecular weight is 290 g/mol. The van der Waals surface area contributed by atoms with Crippen LogP contribution in [0.1, 0.15) is 22.3 Å². The minimum absolute atomic E-state index is 0.132. The van der Waals surface area contributed by atoms with Gasteiger partial charge in [0.05, 0.1) is 5.56 Å². The number of likely N-dealkylation sites (N-methyl/N-ethyl adjacent to an activating group) is 1. The van der Waals surface area contributed by atoms with Crippen LogP contribution in [0.3, 0.4) is 0 Å². The van der Waals surface area contributed by atoms with E-state index in [2.05, 4.69) is 16.7 Å². The van der Waals surface area contributed by atoms with Gasteiger partial charge >= 0.3 is 0 Å². The summed E-state index contributed by atoms with van der Waals surface area (Å²) in [5.74, 6) is 4.55. The number of carbonyl (C=O) groups excluding carboxylic acids is 1. The van der Waals surface area contributed by atoms with Crippen LogP contribution < -0.4 is 0 Å². The van der Waals surface area contributed by atoms with Gasteiger partial charge in [0, 0.05) is 25.2 Å². The molecule has 1 N–H and O–H groups in total. The summed E-state index contributed by atoms with van der Waals surface area (Å²) in [6.45, 7) is 2.81. The van der Waals surface area contributed by atoms with E-state index in [1.165, 1.54) is 18.2 Å². The molecule has 1 heterocycles. The van der Waals surface area contributed by atoms with E-state index in [1.807, 2.05) is 7.05 Å². The highest BCUT2D eigenvalue weighted by Crippen LogP contribution is 2.14. The van der Waals surface area contributed by atoms with Crippen molar-refractivity contribution >= 4 is 5.91 Å². The second kappa shape index (κ2) is 7.21. The number of aliphatic hydroxyl groups excluding tert-OH is 1. The summed E-state index contributed by atoms with van der Waals surface area (Å²) in [5.41, 5.74) is 0.716. The first kappa shape index (κ1) is 15.5. The molecule has 1 amide bonds. The van der Waals surface area contributed by atoms with Crippen molar-refractivity contribution in [3.8, 4) is 11.8 Å². The molecule has 0 atom stereocenters.